The van der Waals surface area contributed by atoms with Crippen molar-refractivity contribution in [2.24, 2.45) is 0 Å². The van der Waals surface area contributed by atoms with Crippen LogP contribution in [0, 0.1) is 0 Å². The molecule has 0 radical (unpaired) electrons. The highest BCUT2D eigenvalue weighted by Crippen LogP contribution is 2.44. The van der Waals surface area contributed by atoms with Crippen molar-refractivity contribution < 1.29 is 14.3 Å². The van der Waals surface area contributed by atoms with Gasteiger partial charge in [0.05, 0.1) is 6.61 Å². The topological polar surface area (TPSA) is 49.8 Å². The van der Waals surface area contributed by atoms with E-state index in [0.29, 0.717) is 6.61 Å². The van der Waals surface area contributed by atoms with Gasteiger partial charge in [-0.3, -0.25) is 9.69 Å². The van der Waals surface area contributed by atoms with E-state index >= 15 is 0 Å². The van der Waals surface area contributed by atoms with Crippen LogP contribution in [0.25, 0.3) is 0 Å². The van der Waals surface area contributed by atoms with E-state index in [4.69, 9.17) is 4.43 Å². The average Bonchev–Trinajstić information content (AvgIpc) is 3.30. The van der Waals surface area contributed by atoms with E-state index in [1.165, 1.54) is 10.4 Å². The van der Waals surface area contributed by atoms with E-state index in [-0.39, 0.29) is 11.1 Å². The van der Waals surface area contributed by atoms with Crippen LogP contribution in [-0.2, 0) is 9.22 Å². The molecule has 4 nitrogen and oxygen atoms in total. The summed E-state index contributed by atoms with van der Waals surface area (Å²) in [6.45, 7) is 8.30. The minimum atomic E-state index is -2.59. The Kier molecular flexibility index (Phi) is 5.64. The summed E-state index contributed by atoms with van der Waals surface area (Å²) in [5, 5.41) is 12.4. The van der Waals surface area contributed by atoms with Crippen molar-refractivity contribution in [2.45, 2.75) is 63.1 Å². The highest BCUT2D eigenvalue weighted by atomic mass is 28.4. The summed E-state index contributed by atoms with van der Waals surface area (Å²) in [5.41, 5.74) is -0.667. The van der Waals surface area contributed by atoms with Crippen LogP contribution in [0.2, 0.25) is 5.04 Å². The zero-order valence-electron chi connectivity index (χ0n) is 18.3. The van der Waals surface area contributed by atoms with Crippen LogP contribution in [0.3, 0.4) is 0 Å². The molecule has 2 heterocycles. The Morgan fingerprint density at radius 2 is 1.63 bits per heavy atom. The number of hydrogen-bond donors (Lipinski definition) is 1. The third-order valence-electron chi connectivity index (χ3n) is 7.18. The second kappa shape index (κ2) is 7.95. The molecule has 30 heavy (non-hydrogen) atoms. The monoisotopic (exact) mass is 423 g/mol. The first-order valence-electron chi connectivity index (χ1n) is 11.1. The standard InChI is InChI=1S/C25H33NO3Si/c1-24(2,3)30(21-11-6-4-7-12-21,22-13-8-5-9-14-22)29-19-20-15-17-25(23(27)28)16-10-18-26(20)25/h4-9,11-14,20H,10,15-19H2,1-3H3,(H,27,28)/t20-,25-/m0/s1. The van der Waals surface area contributed by atoms with Crippen molar-refractivity contribution in [2.75, 3.05) is 13.2 Å². The second-order valence-electron chi connectivity index (χ2n) is 9.80. The molecule has 2 aliphatic heterocycles. The van der Waals surface area contributed by atoms with Crippen LogP contribution in [0.15, 0.2) is 60.7 Å². The van der Waals surface area contributed by atoms with Crippen LogP contribution < -0.4 is 10.4 Å². The maximum absolute atomic E-state index is 12.1. The minimum absolute atomic E-state index is 0.0663. The summed E-state index contributed by atoms with van der Waals surface area (Å²) in [7, 11) is -2.59. The first kappa shape index (κ1) is 21.3. The predicted molar refractivity (Wildman–Crippen MR) is 123 cm³/mol. The van der Waals surface area contributed by atoms with Crippen LogP contribution in [0.4, 0.5) is 0 Å². The smallest absolute Gasteiger partial charge is 0.324 e. The Bertz CT molecular complexity index is 841. The lowest BCUT2D eigenvalue weighted by atomic mass is 9.94. The summed E-state index contributed by atoms with van der Waals surface area (Å²) in [6, 6.07) is 21.5. The molecule has 2 fully saturated rings. The molecular weight excluding hydrogens is 390 g/mol. The molecule has 0 unspecified atom stereocenters. The Labute approximate surface area is 181 Å². The van der Waals surface area contributed by atoms with Crippen molar-refractivity contribution in [3.05, 3.63) is 60.7 Å². The maximum atomic E-state index is 12.1. The van der Waals surface area contributed by atoms with Crippen LogP contribution >= 0.6 is 0 Å². The molecule has 5 heteroatoms. The van der Waals surface area contributed by atoms with E-state index in [9.17, 15) is 9.90 Å². The van der Waals surface area contributed by atoms with Crippen LogP contribution in [0.1, 0.15) is 46.5 Å². The van der Waals surface area contributed by atoms with Gasteiger partial charge in [-0.15, -0.1) is 0 Å². The van der Waals surface area contributed by atoms with Gasteiger partial charge in [-0.2, -0.15) is 0 Å². The number of fused-ring (bicyclic) bond motifs is 1. The summed E-state index contributed by atoms with van der Waals surface area (Å²) < 4.78 is 7.09. The first-order chi connectivity index (χ1) is 14.3. The predicted octanol–water partition coefficient (Wildman–Crippen LogP) is 3.64. The Morgan fingerprint density at radius 1 is 1.07 bits per heavy atom. The molecule has 0 aromatic heterocycles. The molecule has 2 aromatic carbocycles. The fraction of sp³-hybridized carbons (Fsp3) is 0.480. The number of carboxylic acid groups (broad SMARTS) is 1. The Morgan fingerprint density at radius 3 is 2.13 bits per heavy atom. The fourth-order valence-electron chi connectivity index (χ4n) is 5.75. The molecule has 2 aromatic rings. The summed E-state index contributed by atoms with van der Waals surface area (Å²) in [4.78, 5) is 14.3. The SMILES string of the molecule is CC(C)(C)[Si](OC[C@@H]1CC[C@]2(C(=O)O)CCCN12)(c1ccccc1)c1ccccc1. The van der Waals surface area contributed by atoms with Gasteiger partial charge in [0.2, 0.25) is 0 Å². The zero-order valence-corrected chi connectivity index (χ0v) is 19.3. The third-order valence-corrected chi connectivity index (χ3v) is 12.2. The number of rotatable bonds is 6. The average molecular weight is 424 g/mol. The van der Waals surface area contributed by atoms with Crippen molar-refractivity contribution in [1.82, 2.24) is 4.90 Å². The molecule has 2 atom stereocenters. The van der Waals surface area contributed by atoms with Crippen molar-refractivity contribution in [1.29, 1.82) is 0 Å². The molecule has 0 saturated carbocycles. The molecule has 2 saturated heterocycles. The van der Waals surface area contributed by atoms with E-state index in [1.54, 1.807) is 0 Å². The van der Waals surface area contributed by atoms with Gasteiger partial charge in [-0.25, -0.2) is 0 Å². The number of benzene rings is 2. The van der Waals surface area contributed by atoms with Gasteiger partial charge in [0, 0.05) is 6.04 Å². The Hall–Kier alpha value is -1.95. The normalized spacial score (nSPS) is 24.7. The molecule has 0 aliphatic carbocycles. The van der Waals surface area contributed by atoms with Gasteiger partial charge in [0.25, 0.3) is 8.32 Å². The van der Waals surface area contributed by atoms with Crippen molar-refractivity contribution in [3.63, 3.8) is 0 Å². The minimum Gasteiger partial charge on any atom is -0.480 e. The molecule has 0 spiro atoms. The van der Waals surface area contributed by atoms with E-state index in [1.807, 2.05) is 0 Å². The maximum Gasteiger partial charge on any atom is 0.324 e. The van der Waals surface area contributed by atoms with Gasteiger partial charge in [0.15, 0.2) is 0 Å². The number of carbonyl (C=O) groups is 1. The summed E-state index contributed by atoms with van der Waals surface area (Å²) in [6.07, 6.45) is 3.35. The van der Waals surface area contributed by atoms with Gasteiger partial charge >= 0.3 is 5.97 Å². The number of carboxylic acids is 1. The van der Waals surface area contributed by atoms with Crippen molar-refractivity contribution in [3.8, 4) is 0 Å². The summed E-state index contributed by atoms with van der Waals surface area (Å²) in [5.74, 6) is -0.659. The van der Waals surface area contributed by atoms with E-state index in [2.05, 4.69) is 86.3 Å². The van der Waals surface area contributed by atoms with Gasteiger partial charge in [-0.05, 0) is 47.6 Å². The quantitative estimate of drug-likeness (QED) is 0.721. The Balaban J connectivity index is 1.71. The van der Waals surface area contributed by atoms with E-state index in [0.717, 1.165) is 32.2 Å². The lowest BCUT2D eigenvalue weighted by Crippen LogP contribution is -2.67. The number of nitrogens with zero attached hydrogens (tertiary/aromatic N) is 1. The third kappa shape index (κ3) is 3.33. The number of aliphatic carboxylic acids is 1. The second-order valence-corrected chi connectivity index (χ2v) is 14.1. The number of hydrogen-bond acceptors (Lipinski definition) is 3. The molecular formula is C25H33NO3Si. The lowest BCUT2D eigenvalue weighted by molar-refractivity contribution is -0.148. The molecule has 2 aliphatic rings. The van der Waals surface area contributed by atoms with Crippen molar-refractivity contribution >= 4 is 24.7 Å². The largest absolute Gasteiger partial charge is 0.480 e. The first-order valence-corrected chi connectivity index (χ1v) is 13.0. The summed E-state index contributed by atoms with van der Waals surface area (Å²) >= 11 is 0. The van der Waals surface area contributed by atoms with E-state index < -0.39 is 19.8 Å². The lowest BCUT2D eigenvalue weighted by Gasteiger charge is -2.44. The molecule has 4 rings (SSSR count). The van der Waals surface area contributed by atoms with Crippen LogP contribution in [-0.4, -0.2) is 49.0 Å². The molecule has 160 valence electrons. The van der Waals surface area contributed by atoms with Crippen LogP contribution in [0.5, 0.6) is 0 Å². The van der Waals surface area contributed by atoms with Gasteiger partial charge in [0.1, 0.15) is 5.54 Å². The zero-order chi connectivity index (χ0) is 21.4. The highest BCUT2D eigenvalue weighted by Gasteiger charge is 2.56. The molecule has 0 amide bonds. The highest BCUT2D eigenvalue weighted by molar-refractivity contribution is 6.99. The molecule has 1 N–H and O–H groups in total. The molecule has 0 bridgehead atoms. The fourth-order valence-corrected chi connectivity index (χ4v) is 10.4. The van der Waals surface area contributed by atoms with Gasteiger partial charge in [-0.1, -0.05) is 81.4 Å². The van der Waals surface area contributed by atoms with Gasteiger partial charge < -0.3 is 9.53 Å².